The number of carbonyl (C=O) groups is 12. The van der Waals surface area contributed by atoms with Crippen LogP contribution in [0.2, 0.25) is 0 Å². The number of amides is 10. The van der Waals surface area contributed by atoms with Crippen LogP contribution in [0.15, 0.2) is 27.9 Å². The molecule has 0 radical (unpaired) electrons. The number of cyclic esters (lactones) is 2. The van der Waals surface area contributed by atoms with Gasteiger partial charge in [0.25, 0.3) is 11.8 Å². The predicted molar refractivity (Wildman–Crippen MR) is 341 cm³/mol. The molecule has 5 aliphatic heterocycles. The van der Waals surface area contributed by atoms with E-state index in [0.717, 1.165) is 9.80 Å². The molecule has 0 aromatic heterocycles. The van der Waals surface area contributed by atoms with E-state index in [2.05, 4.69) is 27.8 Å². The van der Waals surface area contributed by atoms with Gasteiger partial charge >= 0.3 is 11.9 Å². The second-order valence-corrected chi connectivity index (χ2v) is 26.3. The van der Waals surface area contributed by atoms with Crippen LogP contribution in [0.4, 0.5) is 5.69 Å². The van der Waals surface area contributed by atoms with Crippen LogP contribution < -0.4 is 37.2 Å². The topological polar surface area (TPSA) is 369 Å². The van der Waals surface area contributed by atoms with E-state index in [4.69, 9.17) is 29.3 Å². The molecule has 6 aliphatic rings. The summed E-state index contributed by atoms with van der Waals surface area (Å²) in [5.41, 5.74) is 2.99. The summed E-state index contributed by atoms with van der Waals surface area (Å²) in [6, 6.07) is -9.69. The lowest BCUT2D eigenvalue weighted by Gasteiger charge is -2.36. The molecule has 94 heavy (non-hydrogen) atoms. The number of anilines is 1. The maximum Gasteiger partial charge on any atom is 0.329 e. The van der Waals surface area contributed by atoms with E-state index in [9.17, 15) is 47.9 Å². The molecule has 10 atom stereocenters. The number of carbonyl (C=O) groups excluding carboxylic acids is 12. The number of hydrogen-bond acceptors (Lipinski definition) is 19. The highest BCUT2D eigenvalue weighted by Gasteiger charge is 2.47. The van der Waals surface area contributed by atoms with E-state index in [1.54, 1.807) is 62.3 Å². The van der Waals surface area contributed by atoms with E-state index in [1.165, 1.54) is 80.7 Å². The van der Waals surface area contributed by atoms with E-state index in [-0.39, 0.29) is 66.3 Å². The van der Waals surface area contributed by atoms with Crippen molar-refractivity contribution in [1.29, 1.82) is 0 Å². The van der Waals surface area contributed by atoms with Gasteiger partial charge in [-0.1, -0.05) is 68.0 Å². The van der Waals surface area contributed by atoms with Crippen LogP contribution in [0.3, 0.4) is 0 Å². The van der Waals surface area contributed by atoms with Gasteiger partial charge in [0.2, 0.25) is 52.7 Å². The quantitative estimate of drug-likeness (QED) is 0.0781. The summed E-state index contributed by atoms with van der Waals surface area (Å²) in [5.74, 6) is -12.8. The number of ether oxygens (including phenoxy) is 3. The summed E-state index contributed by atoms with van der Waals surface area (Å²) in [6.07, 6.45) is -0.355. The molecule has 5 heterocycles. The Morgan fingerprint density at radius 3 is 1.52 bits per heavy atom. The fourth-order valence-electron chi connectivity index (χ4n) is 12.6. The standard InChI is InChI=1S/C65H90N12O17/c1-18-25-91-40-26-37(56(81)70-47-35(12)92-64(89)51(31(6)7)74(16)41(78)27-72(14)60(85)38-21-19-23-76(38)62(87)45(29(2)3)68-58(47)83)49-54(33(40)10)94-55-34(11)53(80)44(66)43(50(55)67-49)57(82)71-48-36(13)93-65(90)52(32(8)9)75(17)42(79)28-73(15)61(86)39-22-20-24-77(39)63(88)46(30(4)5)69-59(48)84/h18,26,29-32,35-36,38-39,45-48,51-52H,1,19-25,27-28,66H2,2-17H3,(H,68,83)(H,69,84)(H,70,81)(H,71,82)/t35-,36-,38-,39-,45+,46+,47?,48?,51-,52-/m0/s1. The summed E-state index contributed by atoms with van der Waals surface area (Å²) in [5, 5.41) is 10.7. The van der Waals surface area contributed by atoms with Gasteiger partial charge in [0, 0.05) is 52.4 Å². The Morgan fingerprint density at radius 1 is 0.670 bits per heavy atom. The van der Waals surface area contributed by atoms with Gasteiger partial charge in [0.05, 0.1) is 29.9 Å². The number of nitrogens with two attached hydrogens (primary N) is 1. The molecule has 4 fully saturated rings. The third-order valence-electron chi connectivity index (χ3n) is 18.0. The zero-order valence-corrected chi connectivity index (χ0v) is 56.5. The van der Waals surface area contributed by atoms with Gasteiger partial charge in [0.15, 0.2) is 11.3 Å². The molecule has 512 valence electrons. The van der Waals surface area contributed by atoms with Crippen LogP contribution in [0.1, 0.15) is 127 Å². The zero-order valence-electron chi connectivity index (χ0n) is 56.5. The lowest BCUT2D eigenvalue weighted by atomic mass is 9.98. The van der Waals surface area contributed by atoms with Crippen molar-refractivity contribution in [2.75, 3.05) is 66.7 Å². The number of rotatable bonds is 11. The molecule has 1 aromatic carbocycles. The largest absolute Gasteiger partial charge is 0.489 e. The first kappa shape index (κ1) is 72.2. The Morgan fingerprint density at radius 2 is 1.11 bits per heavy atom. The second-order valence-electron chi connectivity index (χ2n) is 26.3. The number of aryl methyl sites for hydroxylation is 1. The molecule has 0 bridgehead atoms. The highest BCUT2D eigenvalue weighted by atomic mass is 16.6. The minimum Gasteiger partial charge on any atom is -0.489 e. The first-order chi connectivity index (χ1) is 44.1. The summed E-state index contributed by atoms with van der Waals surface area (Å²) in [7, 11) is 5.56. The van der Waals surface area contributed by atoms with Gasteiger partial charge < -0.3 is 75.0 Å². The molecule has 1 aromatic rings. The average Bonchev–Trinajstić information content (AvgIpc) is 0.861. The minimum atomic E-state index is -1.91. The molecule has 2 unspecified atom stereocenters. The van der Waals surface area contributed by atoms with Gasteiger partial charge in [0.1, 0.15) is 84.1 Å². The third-order valence-corrected chi connectivity index (χ3v) is 18.0. The molecule has 10 amide bonds. The maximum absolute atomic E-state index is 15.4. The summed E-state index contributed by atoms with van der Waals surface area (Å²) >= 11 is 0. The van der Waals surface area contributed by atoms with Gasteiger partial charge in [-0.05, 0) is 83.1 Å². The third kappa shape index (κ3) is 14.6. The van der Waals surface area contributed by atoms with E-state index < -0.39 is 196 Å². The number of nitrogens with one attached hydrogen (secondary N) is 4. The number of aromatic nitrogens is 1. The van der Waals surface area contributed by atoms with Crippen molar-refractivity contribution in [1.82, 2.24) is 55.7 Å². The summed E-state index contributed by atoms with van der Waals surface area (Å²) < 4.78 is 24.5. The Balaban J connectivity index is 1.37. The van der Waals surface area contributed by atoms with Gasteiger partial charge in [-0.3, -0.25) is 52.7 Å². The summed E-state index contributed by atoms with van der Waals surface area (Å²) in [6.45, 7) is 21.8. The smallest absolute Gasteiger partial charge is 0.329 e. The molecule has 0 saturated carbocycles. The molecule has 6 N–H and O–H groups in total. The first-order valence-electron chi connectivity index (χ1n) is 31.8. The number of nitrogens with zero attached hydrogens (tertiary/aromatic N) is 7. The van der Waals surface area contributed by atoms with Crippen LogP contribution in [-0.2, 0) is 57.4 Å². The van der Waals surface area contributed by atoms with Gasteiger partial charge in [-0.25, -0.2) is 14.6 Å². The average molecular weight is 1310 g/mol. The number of fused-ring (bicyclic) bond motifs is 4. The Labute approximate surface area is 545 Å². The highest BCUT2D eigenvalue weighted by Crippen LogP contribution is 2.38. The lowest BCUT2D eigenvalue weighted by molar-refractivity contribution is -0.163. The molecule has 7 rings (SSSR count). The lowest BCUT2D eigenvalue weighted by Crippen LogP contribution is -2.61. The van der Waals surface area contributed by atoms with Crippen molar-refractivity contribution >= 4 is 87.8 Å². The molecule has 4 saturated heterocycles. The van der Waals surface area contributed by atoms with Crippen molar-refractivity contribution < 1.29 is 76.2 Å². The number of benzene rings is 2. The summed E-state index contributed by atoms with van der Waals surface area (Å²) in [4.78, 5) is 201. The van der Waals surface area contributed by atoms with Crippen molar-refractivity contribution in [2.24, 2.45) is 23.7 Å². The van der Waals surface area contributed by atoms with Crippen molar-refractivity contribution in [3.8, 4) is 17.2 Å². The monoisotopic (exact) mass is 1310 g/mol. The molecular formula is C65H90N12O17. The molecule has 0 spiro atoms. The van der Waals surface area contributed by atoms with Gasteiger partial charge in [-0.2, -0.15) is 0 Å². The number of esters is 2. The normalized spacial score (nSPS) is 25.5. The van der Waals surface area contributed by atoms with Crippen molar-refractivity contribution in [2.45, 2.75) is 169 Å². The highest BCUT2D eigenvalue weighted by molar-refractivity contribution is 6.11. The predicted octanol–water partition coefficient (Wildman–Crippen LogP) is 1.29. The Hall–Kier alpha value is -9.18. The Bertz CT molecular complexity index is 3570. The fraction of sp³-hybridized carbons (Fsp3) is 0.600. The number of hydrogen-bond donors (Lipinski definition) is 5. The van der Waals surface area contributed by atoms with Crippen LogP contribution in [-0.4, -0.2) is 227 Å². The molecule has 29 nitrogen and oxygen atoms in total. The number of nitrogen functional groups attached to an aromatic ring is 1. The molecule has 29 heteroatoms. The maximum atomic E-state index is 15.4. The van der Waals surface area contributed by atoms with Crippen molar-refractivity contribution in [3.63, 3.8) is 0 Å². The Kier molecular flexibility index (Phi) is 22.6. The fourth-order valence-corrected chi connectivity index (χ4v) is 12.6. The SMILES string of the molecule is C=CCOc1cc(C(=O)NC2C(=O)N[C@H](C(C)C)C(=O)N3CCC[C@H]3C(=O)N(C)CC(=O)N(C)[C@@H](C(C)C)C(=O)O[C@H]2C)c2nc3c(C(=O)NC4C(=O)N[C@H](C(C)C)C(=O)N5CCC[C@H]5C(=O)N(C)CC(=O)N(C)[C@@H](C(C)C)C(=O)O[C@H]4C)c(N)c(=O)c(C)c-3oc2c1C. The first-order valence-corrected chi connectivity index (χ1v) is 31.8. The molecule has 1 aliphatic carbocycles. The van der Waals surface area contributed by atoms with Crippen LogP contribution in [0, 0.1) is 37.5 Å². The van der Waals surface area contributed by atoms with E-state index in [0.29, 0.717) is 12.8 Å². The van der Waals surface area contributed by atoms with Gasteiger partial charge in [-0.15, -0.1) is 0 Å². The van der Waals surface area contributed by atoms with Crippen LogP contribution in [0.5, 0.6) is 5.75 Å². The zero-order chi connectivity index (χ0) is 70.0. The van der Waals surface area contributed by atoms with Crippen LogP contribution in [0.25, 0.3) is 22.6 Å². The number of likely N-dealkylation sites (N-methyl/N-ethyl adjacent to an activating group) is 4. The molecular weight excluding hydrogens is 1220 g/mol. The second kappa shape index (κ2) is 29.4. The van der Waals surface area contributed by atoms with Crippen LogP contribution >= 0.6 is 0 Å². The minimum absolute atomic E-state index is 0.0123. The van der Waals surface area contributed by atoms with E-state index >= 15 is 14.4 Å². The van der Waals surface area contributed by atoms with Crippen molar-refractivity contribution in [3.05, 3.63) is 51.2 Å². The van der Waals surface area contributed by atoms with E-state index in [1.807, 2.05) is 0 Å².